The molecule has 0 spiro atoms. The maximum atomic E-state index is 5.39. The van der Waals surface area contributed by atoms with E-state index in [9.17, 15) is 0 Å². The Morgan fingerprint density at radius 2 is 2.00 bits per heavy atom. The molecular formula is C17H14N4OS2. The third kappa shape index (κ3) is 3.00. The number of rotatable bonds is 5. The molecule has 5 nitrogen and oxygen atoms in total. The van der Waals surface area contributed by atoms with Crippen molar-refractivity contribution in [2.75, 3.05) is 0 Å². The highest BCUT2D eigenvalue weighted by atomic mass is 32.2. The molecular weight excluding hydrogens is 340 g/mol. The molecule has 0 fully saturated rings. The standard InChI is InChI=1S/C17H14N4OS2/c1-21-15(14-8-5-9-22-14)19-20-17(21)24-11-13-10-23-16(18-13)12-6-3-2-4-7-12/h2-10H,11H2,1H3. The highest BCUT2D eigenvalue weighted by molar-refractivity contribution is 7.98. The molecule has 24 heavy (non-hydrogen) atoms. The van der Waals surface area contributed by atoms with Gasteiger partial charge in [-0.3, -0.25) is 0 Å². The van der Waals surface area contributed by atoms with E-state index in [0.717, 1.165) is 38.8 Å². The van der Waals surface area contributed by atoms with Crippen LogP contribution < -0.4 is 0 Å². The van der Waals surface area contributed by atoms with Gasteiger partial charge in [-0.2, -0.15) is 0 Å². The van der Waals surface area contributed by atoms with Crippen molar-refractivity contribution in [1.82, 2.24) is 19.7 Å². The molecule has 0 unspecified atom stereocenters. The van der Waals surface area contributed by atoms with Gasteiger partial charge in [0.2, 0.25) is 0 Å². The predicted molar refractivity (Wildman–Crippen MR) is 95.8 cm³/mol. The van der Waals surface area contributed by atoms with Gasteiger partial charge < -0.3 is 8.98 Å². The molecule has 0 N–H and O–H groups in total. The Bertz CT molecular complexity index is 929. The van der Waals surface area contributed by atoms with Gasteiger partial charge in [0.25, 0.3) is 0 Å². The van der Waals surface area contributed by atoms with Crippen molar-refractivity contribution in [3.05, 3.63) is 59.8 Å². The van der Waals surface area contributed by atoms with E-state index in [4.69, 9.17) is 9.40 Å². The Morgan fingerprint density at radius 3 is 2.79 bits per heavy atom. The lowest BCUT2D eigenvalue weighted by molar-refractivity contribution is 0.572. The number of thioether (sulfide) groups is 1. The Kier molecular flexibility index (Phi) is 4.18. The van der Waals surface area contributed by atoms with Gasteiger partial charge in [0.1, 0.15) is 5.01 Å². The summed E-state index contributed by atoms with van der Waals surface area (Å²) in [6.07, 6.45) is 1.64. The van der Waals surface area contributed by atoms with E-state index >= 15 is 0 Å². The van der Waals surface area contributed by atoms with E-state index in [-0.39, 0.29) is 0 Å². The van der Waals surface area contributed by atoms with Crippen molar-refractivity contribution in [2.45, 2.75) is 10.9 Å². The summed E-state index contributed by atoms with van der Waals surface area (Å²) in [6, 6.07) is 13.9. The molecule has 0 amide bonds. The molecule has 0 saturated heterocycles. The lowest BCUT2D eigenvalue weighted by Crippen LogP contribution is -1.94. The van der Waals surface area contributed by atoms with E-state index in [1.165, 1.54) is 0 Å². The number of hydrogen-bond acceptors (Lipinski definition) is 6. The Hall–Kier alpha value is -2.38. The first-order valence-electron chi connectivity index (χ1n) is 7.37. The van der Waals surface area contributed by atoms with Gasteiger partial charge >= 0.3 is 0 Å². The second kappa shape index (κ2) is 6.62. The molecule has 0 aliphatic heterocycles. The smallest absolute Gasteiger partial charge is 0.200 e. The van der Waals surface area contributed by atoms with Crippen molar-refractivity contribution in [3.63, 3.8) is 0 Å². The maximum absolute atomic E-state index is 5.39. The predicted octanol–water partition coefficient (Wildman–Crippen LogP) is 4.49. The summed E-state index contributed by atoms with van der Waals surface area (Å²) < 4.78 is 7.32. The highest BCUT2D eigenvalue weighted by Gasteiger charge is 2.14. The first kappa shape index (κ1) is 15.2. The number of nitrogens with zero attached hydrogens (tertiary/aromatic N) is 4. The molecule has 120 valence electrons. The zero-order chi connectivity index (χ0) is 16.4. The van der Waals surface area contributed by atoms with E-state index in [0.29, 0.717) is 0 Å². The zero-order valence-corrected chi connectivity index (χ0v) is 14.5. The summed E-state index contributed by atoms with van der Waals surface area (Å²) in [6.45, 7) is 0. The van der Waals surface area contributed by atoms with Crippen LogP contribution in [0.25, 0.3) is 22.2 Å². The SMILES string of the molecule is Cn1c(SCc2csc(-c3ccccc3)n2)nnc1-c1ccco1. The van der Waals surface area contributed by atoms with Gasteiger partial charge in [0.05, 0.1) is 12.0 Å². The van der Waals surface area contributed by atoms with Crippen LogP contribution in [0.2, 0.25) is 0 Å². The molecule has 3 heterocycles. The normalized spacial score (nSPS) is 11.0. The monoisotopic (exact) mass is 354 g/mol. The van der Waals surface area contributed by atoms with Gasteiger partial charge in [-0.25, -0.2) is 4.98 Å². The maximum Gasteiger partial charge on any atom is 0.200 e. The summed E-state index contributed by atoms with van der Waals surface area (Å²) in [7, 11) is 1.94. The fourth-order valence-corrected chi connectivity index (χ4v) is 4.02. The molecule has 0 bridgehead atoms. The van der Waals surface area contributed by atoms with Crippen LogP contribution >= 0.6 is 23.1 Å². The fraction of sp³-hybridized carbons (Fsp3) is 0.118. The summed E-state index contributed by atoms with van der Waals surface area (Å²) in [4.78, 5) is 4.70. The first-order valence-corrected chi connectivity index (χ1v) is 9.23. The Labute approximate surface area is 147 Å². The summed E-state index contributed by atoms with van der Waals surface area (Å²) in [5, 5.41) is 12.4. The number of benzene rings is 1. The second-order valence-electron chi connectivity index (χ2n) is 5.14. The van der Waals surface area contributed by atoms with Crippen LogP contribution in [0.1, 0.15) is 5.69 Å². The minimum Gasteiger partial charge on any atom is -0.461 e. The van der Waals surface area contributed by atoms with E-state index in [2.05, 4.69) is 27.7 Å². The lowest BCUT2D eigenvalue weighted by Gasteiger charge is -2.00. The zero-order valence-electron chi connectivity index (χ0n) is 12.9. The van der Waals surface area contributed by atoms with Gasteiger partial charge in [-0.15, -0.1) is 21.5 Å². The molecule has 4 aromatic rings. The third-order valence-corrected chi connectivity index (χ3v) is 5.49. The van der Waals surface area contributed by atoms with Crippen LogP contribution in [0, 0.1) is 0 Å². The van der Waals surface area contributed by atoms with Gasteiger partial charge in [-0.05, 0) is 12.1 Å². The Balaban J connectivity index is 1.47. The molecule has 7 heteroatoms. The fourth-order valence-electron chi connectivity index (χ4n) is 2.29. The average Bonchev–Trinajstić information content (AvgIpc) is 3.35. The molecule has 4 rings (SSSR count). The average molecular weight is 354 g/mol. The number of furan rings is 1. The number of thiazole rings is 1. The van der Waals surface area contributed by atoms with Crippen molar-refractivity contribution >= 4 is 23.1 Å². The quantitative estimate of drug-likeness (QED) is 0.494. The largest absolute Gasteiger partial charge is 0.461 e. The number of hydrogen-bond donors (Lipinski definition) is 0. The summed E-state index contributed by atoms with van der Waals surface area (Å²) >= 11 is 3.28. The molecule has 0 aliphatic rings. The minimum absolute atomic E-state index is 0.719. The van der Waals surface area contributed by atoms with Crippen LogP contribution in [0.15, 0.2) is 63.7 Å². The van der Waals surface area contributed by atoms with Crippen LogP contribution in [0.5, 0.6) is 0 Å². The summed E-state index contributed by atoms with van der Waals surface area (Å²) in [5.74, 6) is 2.20. The lowest BCUT2D eigenvalue weighted by atomic mass is 10.2. The van der Waals surface area contributed by atoms with Crippen molar-refractivity contribution in [3.8, 4) is 22.2 Å². The molecule has 3 aromatic heterocycles. The Morgan fingerprint density at radius 1 is 1.12 bits per heavy atom. The molecule has 0 saturated carbocycles. The topological polar surface area (TPSA) is 56.7 Å². The van der Waals surface area contributed by atoms with E-state index in [1.54, 1.807) is 29.4 Å². The third-order valence-electron chi connectivity index (χ3n) is 3.50. The van der Waals surface area contributed by atoms with Crippen LogP contribution in [0.3, 0.4) is 0 Å². The van der Waals surface area contributed by atoms with Gasteiger partial charge in [0.15, 0.2) is 16.7 Å². The van der Waals surface area contributed by atoms with E-state index in [1.807, 2.05) is 41.9 Å². The molecule has 0 aliphatic carbocycles. The van der Waals surface area contributed by atoms with Crippen LogP contribution in [-0.4, -0.2) is 19.7 Å². The molecule has 1 aromatic carbocycles. The minimum atomic E-state index is 0.719. The van der Waals surface area contributed by atoms with Gasteiger partial charge in [-0.1, -0.05) is 42.1 Å². The van der Waals surface area contributed by atoms with Crippen molar-refractivity contribution < 1.29 is 4.42 Å². The summed E-state index contributed by atoms with van der Waals surface area (Å²) in [5.41, 5.74) is 2.20. The molecule has 0 atom stereocenters. The highest BCUT2D eigenvalue weighted by Crippen LogP contribution is 2.28. The first-order chi connectivity index (χ1) is 11.8. The van der Waals surface area contributed by atoms with Crippen LogP contribution in [-0.2, 0) is 12.8 Å². The second-order valence-corrected chi connectivity index (χ2v) is 6.94. The van der Waals surface area contributed by atoms with Crippen molar-refractivity contribution in [2.24, 2.45) is 7.05 Å². The van der Waals surface area contributed by atoms with Gasteiger partial charge in [0, 0.05) is 23.7 Å². The number of aromatic nitrogens is 4. The molecule has 0 radical (unpaired) electrons. The van der Waals surface area contributed by atoms with Crippen molar-refractivity contribution in [1.29, 1.82) is 0 Å². The van der Waals surface area contributed by atoms with E-state index < -0.39 is 0 Å². The van der Waals surface area contributed by atoms with Crippen LogP contribution in [0.4, 0.5) is 0 Å².